The molecular weight excluding hydrogens is 466 g/mol. The van der Waals surface area contributed by atoms with Gasteiger partial charge in [0, 0.05) is 19.0 Å². The summed E-state index contributed by atoms with van der Waals surface area (Å²) in [5.74, 6) is 0.333. The van der Waals surface area contributed by atoms with Gasteiger partial charge in [-0.05, 0) is 50.5 Å². The molecule has 1 N–H and O–H groups in total. The third kappa shape index (κ3) is 5.47. The summed E-state index contributed by atoms with van der Waals surface area (Å²) < 4.78 is 39.0. The number of piperidine rings is 1. The fraction of sp³-hybridized carbons (Fsp3) is 0.308. The molecular formula is C26H29N3O5S. The summed E-state index contributed by atoms with van der Waals surface area (Å²) >= 11 is 0. The van der Waals surface area contributed by atoms with Crippen molar-refractivity contribution < 1.29 is 22.5 Å². The number of rotatable bonds is 7. The van der Waals surface area contributed by atoms with E-state index in [0.29, 0.717) is 30.0 Å². The Morgan fingerprint density at radius 2 is 1.77 bits per heavy atom. The van der Waals surface area contributed by atoms with Gasteiger partial charge in [0.25, 0.3) is 0 Å². The van der Waals surface area contributed by atoms with Crippen LogP contribution in [0.2, 0.25) is 0 Å². The maximum Gasteiger partial charge on any atom is 0.248 e. The van der Waals surface area contributed by atoms with Gasteiger partial charge in [-0.15, -0.1) is 0 Å². The predicted molar refractivity (Wildman–Crippen MR) is 134 cm³/mol. The first kappa shape index (κ1) is 24.7. The molecule has 2 heterocycles. The van der Waals surface area contributed by atoms with Crippen LogP contribution in [-0.2, 0) is 14.8 Å². The number of hydrogen-bond acceptors (Lipinski definition) is 6. The molecule has 9 heteroatoms. The molecule has 1 aliphatic rings. The van der Waals surface area contributed by atoms with Crippen molar-refractivity contribution in [3.05, 3.63) is 71.1 Å². The maximum absolute atomic E-state index is 13.5. The standard InChI is InChI=1S/C26H29N3O5S/c1-18-8-10-20(11-9-18)12-13-24-25(19(2)28-34-24)35(31,32)29-16-14-21(15-17-29)26(30)27-22-6-4-5-7-23(22)33-3/h4-13,21H,14-17H2,1-3H3,(H,27,30)/b13-12+. The molecule has 0 radical (unpaired) electrons. The number of hydrogen-bond donors (Lipinski definition) is 1. The summed E-state index contributed by atoms with van der Waals surface area (Å²) in [4.78, 5) is 12.9. The number of carbonyl (C=O) groups is 1. The van der Waals surface area contributed by atoms with E-state index in [1.54, 1.807) is 38.3 Å². The zero-order valence-electron chi connectivity index (χ0n) is 20.0. The summed E-state index contributed by atoms with van der Waals surface area (Å²) in [5, 5.41) is 6.80. The van der Waals surface area contributed by atoms with Crippen molar-refractivity contribution in [2.45, 2.75) is 31.6 Å². The Bertz CT molecular complexity index is 1320. The molecule has 184 valence electrons. The lowest BCUT2D eigenvalue weighted by molar-refractivity contribution is -0.120. The van der Waals surface area contributed by atoms with Gasteiger partial charge in [0.15, 0.2) is 10.7 Å². The van der Waals surface area contributed by atoms with Gasteiger partial charge in [0.2, 0.25) is 15.9 Å². The van der Waals surface area contributed by atoms with Crippen LogP contribution in [0.15, 0.2) is 57.9 Å². The van der Waals surface area contributed by atoms with Crippen LogP contribution in [0.4, 0.5) is 5.69 Å². The summed E-state index contributed by atoms with van der Waals surface area (Å²) in [6.45, 7) is 4.09. The molecule has 1 aromatic heterocycles. The molecule has 0 spiro atoms. The Hall–Kier alpha value is -3.43. The molecule has 0 atom stereocenters. The first-order valence-corrected chi connectivity index (χ1v) is 12.9. The maximum atomic E-state index is 13.5. The molecule has 35 heavy (non-hydrogen) atoms. The molecule has 1 saturated heterocycles. The number of aromatic nitrogens is 1. The fourth-order valence-electron chi connectivity index (χ4n) is 4.12. The van der Waals surface area contributed by atoms with E-state index in [2.05, 4.69) is 10.5 Å². The Balaban J connectivity index is 1.45. The SMILES string of the molecule is COc1ccccc1NC(=O)C1CCN(S(=O)(=O)c2c(C)noc2/C=C/c2ccc(C)cc2)CC1. The minimum atomic E-state index is -3.84. The topological polar surface area (TPSA) is 102 Å². The van der Waals surface area contributed by atoms with E-state index in [1.807, 2.05) is 43.3 Å². The second kappa shape index (κ2) is 10.5. The molecule has 0 aliphatic carbocycles. The number of methoxy groups -OCH3 is 1. The summed E-state index contributed by atoms with van der Waals surface area (Å²) in [6, 6.07) is 15.1. The van der Waals surface area contributed by atoms with E-state index in [9.17, 15) is 13.2 Å². The van der Waals surface area contributed by atoms with E-state index in [0.717, 1.165) is 11.1 Å². The Morgan fingerprint density at radius 3 is 2.46 bits per heavy atom. The van der Waals surface area contributed by atoms with Crippen LogP contribution >= 0.6 is 0 Å². The summed E-state index contributed by atoms with van der Waals surface area (Å²) in [7, 11) is -2.29. The number of anilines is 1. The minimum Gasteiger partial charge on any atom is -0.495 e. The third-order valence-electron chi connectivity index (χ3n) is 6.13. The number of aryl methyl sites for hydroxylation is 2. The molecule has 0 unspecified atom stereocenters. The number of nitrogens with zero attached hydrogens (tertiary/aromatic N) is 2. The van der Waals surface area contributed by atoms with Crippen molar-refractivity contribution in [1.29, 1.82) is 0 Å². The van der Waals surface area contributed by atoms with Crippen LogP contribution in [0.25, 0.3) is 12.2 Å². The molecule has 1 amide bonds. The van der Waals surface area contributed by atoms with Crippen molar-refractivity contribution in [2.24, 2.45) is 5.92 Å². The van der Waals surface area contributed by atoms with Crippen LogP contribution in [0.5, 0.6) is 5.75 Å². The quantitative estimate of drug-likeness (QED) is 0.518. The molecule has 1 aliphatic heterocycles. The smallest absolute Gasteiger partial charge is 0.248 e. The Morgan fingerprint density at radius 1 is 1.09 bits per heavy atom. The highest BCUT2D eigenvalue weighted by atomic mass is 32.2. The molecule has 2 aromatic carbocycles. The number of para-hydroxylation sites is 2. The summed E-state index contributed by atoms with van der Waals surface area (Å²) in [6.07, 6.45) is 4.26. The van der Waals surface area contributed by atoms with Crippen molar-refractivity contribution in [3.8, 4) is 5.75 Å². The highest BCUT2D eigenvalue weighted by Gasteiger charge is 2.36. The Kier molecular flexibility index (Phi) is 7.37. The molecule has 0 bridgehead atoms. The largest absolute Gasteiger partial charge is 0.495 e. The Labute approximate surface area is 205 Å². The van der Waals surface area contributed by atoms with E-state index in [-0.39, 0.29) is 35.6 Å². The number of amides is 1. The van der Waals surface area contributed by atoms with Crippen molar-refractivity contribution in [3.63, 3.8) is 0 Å². The third-order valence-corrected chi connectivity index (χ3v) is 8.18. The first-order valence-electron chi connectivity index (χ1n) is 11.4. The van der Waals surface area contributed by atoms with Gasteiger partial charge in [0.05, 0.1) is 12.8 Å². The zero-order valence-corrected chi connectivity index (χ0v) is 20.8. The number of benzene rings is 2. The van der Waals surface area contributed by atoms with Gasteiger partial charge in [-0.25, -0.2) is 8.42 Å². The lowest BCUT2D eigenvalue weighted by atomic mass is 9.97. The molecule has 4 rings (SSSR count). The lowest BCUT2D eigenvalue weighted by Gasteiger charge is -2.30. The van der Waals surface area contributed by atoms with Gasteiger partial charge in [0.1, 0.15) is 11.4 Å². The summed E-state index contributed by atoms with van der Waals surface area (Å²) in [5.41, 5.74) is 2.97. The van der Waals surface area contributed by atoms with Crippen molar-refractivity contribution >= 4 is 33.8 Å². The van der Waals surface area contributed by atoms with E-state index in [1.165, 1.54) is 4.31 Å². The first-order chi connectivity index (χ1) is 16.8. The van der Waals surface area contributed by atoms with Gasteiger partial charge in [-0.3, -0.25) is 4.79 Å². The second-order valence-electron chi connectivity index (χ2n) is 8.57. The van der Waals surface area contributed by atoms with Crippen LogP contribution in [0.1, 0.15) is 35.4 Å². The molecule has 0 saturated carbocycles. The molecule has 1 fully saturated rings. The second-order valence-corrected chi connectivity index (χ2v) is 10.4. The van der Waals surface area contributed by atoms with Crippen LogP contribution in [0.3, 0.4) is 0 Å². The fourth-order valence-corrected chi connectivity index (χ4v) is 5.84. The van der Waals surface area contributed by atoms with Gasteiger partial charge < -0.3 is 14.6 Å². The van der Waals surface area contributed by atoms with Crippen LogP contribution in [0, 0.1) is 19.8 Å². The predicted octanol–water partition coefficient (Wildman–Crippen LogP) is 4.51. The average molecular weight is 496 g/mol. The number of ether oxygens (including phenoxy) is 1. The van der Waals surface area contributed by atoms with Gasteiger partial charge >= 0.3 is 0 Å². The van der Waals surface area contributed by atoms with Crippen molar-refractivity contribution in [1.82, 2.24) is 9.46 Å². The number of nitrogens with one attached hydrogen (secondary N) is 1. The van der Waals surface area contributed by atoms with Crippen molar-refractivity contribution in [2.75, 3.05) is 25.5 Å². The number of sulfonamides is 1. The number of carbonyl (C=O) groups excluding carboxylic acids is 1. The molecule has 3 aromatic rings. The van der Waals surface area contributed by atoms with E-state index in [4.69, 9.17) is 9.26 Å². The minimum absolute atomic E-state index is 0.0674. The lowest BCUT2D eigenvalue weighted by Crippen LogP contribution is -2.41. The van der Waals surface area contributed by atoms with E-state index >= 15 is 0 Å². The van der Waals surface area contributed by atoms with Gasteiger partial charge in [-0.1, -0.05) is 53.2 Å². The highest BCUT2D eigenvalue weighted by molar-refractivity contribution is 7.89. The van der Waals surface area contributed by atoms with Gasteiger partial charge in [-0.2, -0.15) is 4.31 Å². The highest BCUT2D eigenvalue weighted by Crippen LogP contribution is 2.30. The monoisotopic (exact) mass is 495 g/mol. The average Bonchev–Trinajstić information content (AvgIpc) is 3.25. The zero-order chi connectivity index (χ0) is 25.0. The molecule has 8 nitrogen and oxygen atoms in total. The van der Waals surface area contributed by atoms with E-state index < -0.39 is 10.0 Å². The van der Waals surface area contributed by atoms with Crippen LogP contribution < -0.4 is 10.1 Å². The van der Waals surface area contributed by atoms with Crippen LogP contribution in [-0.4, -0.2) is 44.0 Å². The normalized spacial score (nSPS) is 15.4.